The second-order valence-corrected chi connectivity index (χ2v) is 6.94. The zero-order chi connectivity index (χ0) is 17.8. The van der Waals surface area contributed by atoms with Crippen LogP contribution >= 0.6 is 0 Å². The standard InChI is InChI=1S/C20H15FN2O3/c21-14-5-3-11(4-6-14)16-8-7-15(26-16)10-22-23-19(24)17-12-1-2-13(9-12)18(17)20(23)25/h1-8,10,12-13,17-18H,9H2/b22-10-/t12-,13-,17-,18-/m0/s1. The maximum Gasteiger partial charge on any atom is 0.254 e. The minimum absolute atomic E-state index is 0.162. The summed E-state index contributed by atoms with van der Waals surface area (Å²) in [6.45, 7) is 0. The van der Waals surface area contributed by atoms with Gasteiger partial charge in [-0.1, -0.05) is 12.2 Å². The second-order valence-electron chi connectivity index (χ2n) is 6.94. The first kappa shape index (κ1) is 15.3. The Morgan fingerprint density at radius 1 is 1.00 bits per heavy atom. The van der Waals surface area contributed by atoms with Crippen LogP contribution in [0.5, 0.6) is 0 Å². The molecule has 0 N–H and O–H groups in total. The van der Waals surface area contributed by atoms with Crippen molar-refractivity contribution in [1.82, 2.24) is 5.01 Å². The monoisotopic (exact) mass is 350 g/mol. The molecule has 0 radical (unpaired) electrons. The van der Waals surface area contributed by atoms with Crippen LogP contribution in [0, 0.1) is 29.5 Å². The van der Waals surface area contributed by atoms with E-state index in [0.717, 1.165) is 17.0 Å². The Morgan fingerprint density at radius 3 is 2.31 bits per heavy atom. The molecule has 0 spiro atoms. The normalized spacial score (nSPS) is 29.3. The molecule has 1 aliphatic heterocycles. The second kappa shape index (κ2) is 5.49. The third-order valence-electron chi connectivity index (χ3n) is 5.50. The highest BCUT2D eigenvalue weighted by Crippen LogP contribution is 2.52. The Kier molecular flexibility index (Phi) is 3.22. The summed E-state index contributed by atoms with van der Waals surface area (Å²) < 4.78 is 18.7. The van der Waals surface area contributed by atoms with E-state index in [9.17, 15) is 14.0 Å². The Morgan fingerprint density at radius 2 is 1.65 bits per heavy atom. The molecule has 130 valence electrons. The Labute approximate surface area is 148 Å². The molecular formula is C20H15FN2O3. The molecular weight excluding hydrogens is 335 g/mol. The van der Waals surface area contributed by atoms with Gasteiger partial charge in [-0.05, 0) is 54.7 Å². The lowest BCUT2D eigenvalue weighted by molar-refractivity contribution is -0.140. The maximum absolute atomic E-state index is 13.0. The molecule has 6 heteroatoms. The molecule has 2 aromatic rings. The van der Waals surface area contributed by atoms with Crippen molar-refractivity contribution in [1.29, 1.82) is 0 Å². The van der Waals surface area contributed by atoms with E-state index in [2.05, 4.69) is 5.10 Å². The molecule has 1 saturated heterocycles. The quantitative estimate of drug-likeness (QED) is 0.485. The maximum atomic E-state index is 13.0. The first-order chi connectivity index (χ1) is 12.6. The number of nitrogens with zero attached hydrogens (tertiary/aromatic N) is 2. The van der Waals surface area contributed by atoms with Crippen molar-refractivity contribution in [2.75, 3.05) is 0 Å². The lowest BCUT2D eigenvalue weighted by Gasteiger charge is -2.13. The van der Waals surface area contributed by atoms with Gasteiger partial charge in [0.25, 0.3) is 11.8 Å². The number of amides is 2. The van der Waals surface area contributed by atoms with Gasteiger partial charge in [0.05, 0.1) is 18.1 Å². The number of hydrazone groups is 1. The number of hydrogen-bond acceptors (Lipinski definition) is 4. The fraction of sp³-hybridized carbons (Fsp3) is 0.250. The molecule has 5 nitrogen and oxygen atoms in total. The molecule has 2 bridgehead atoms. The van der Waals surface area contributed by atoms with Crippen molar-refractivity contribution < 1.29 is 18.4 Å². The van der Waals surface area contributed by atoms with Crippen LogP contribution < -0.4 is 0 Å². The van der Waals surface area contributed by atoms with Gasteiger partial charge < -0.3 is 4.42 Å². The number of carbonyl (C=O) groups is 2. The number of carbonyl (C=O) groups excluding carboxylic acids is 2. The molecule has 3 aliphatic rings. The van der Waals surface area contributed by atoms with Crippen molar-refractivity contribution in [3.8, 4) is 11.3 Å². The van der Waals surface area contributed by atoms with E-state index in [4.69, 9.17) is 4.42 Å². The van der Waals surface area contributed by atoms with E-state index in [0.29, 0.717) is 11.5 Å². The Balaban J connectivity index is 1.36. The smallest absolute Gasteiger partial charge is 0.254 e. The summed E-state index contributed by atoms with van der Waals surface area (Å²) in [4.78, 5) is 25.1. The van der Waals surface area contributed by atoms with E-state index >= 15 is 0 Å². The highest BCUT2D eigenvalue weighted by molar-refractivity contribution is 6.06. The van der Waals surface area contributed by atoms with Gasteiger partial charge in [0.1, 0.15) is 17.3 Å². The minimum Gasteiger partial charge on any atom is -0.455 e. The molecule has 1 aromatic carbocycles. The summed E-state index contributed by atoms with van der Waals surface area (Å²) in [7, 11) is 0. The molecule has 1 saturated carbocycles. The first-order valence-corrected chi connectivity index (χ1v) is 8.58. The average molecular weight is 350 g/mol. The van der Waals surface area contributed by atoms with E-state index in [1.165, 1.54) is 18.3 Å². The molecule has 2 amide bonds. The van der Waals surface area contributed by atoms with Crippen LogP contribution in [0.15, 0.2) is 58.1 Å². The van der Waals surface area contributed by atoms with Crippen LogP contribution in [0.1, 0.15) is 12.2 Å². The molecule has 26 heavy (non-hydrogen) atoms. The molecule has 4 atom stereocenters. The lowest BCUT2D eigenvalue weighted by Crippen LogP contribution is -2.28. The highest BCUT2D eigenvalue weighted by Gasteiger charge is 2.59. The van der Waals surface area contributed by atoms with Gasteiger partial charge in [-0.3, -0.25) is 9.59 Å². The summed E-state index contributed by atoms with van der Waals surface area (Å²) in [6, 6.07) is 9.38. The van der Waals surface area contributed by atoms with E-state index in [1.807, 2.05) is 12.2 Å². The zero-order valence-electron chi connectivity index (χ0n) is 13.7. The summed E-state index contributed by atoms with van der Waals surface area (Å²) in [5, 5.41) is 5.07. The minimum atomic E-state index is -0.317. The largest absolute Gasteiger partial charge is 0.455 e. The highest BCUT2D eigenvalue weighted by atomic mass is 19.1. The summed E-state index contributed by atoms with van der Waals surface area (Å²) in [6.07, 6.45) is 6.36. The predicted octanol–water partition coefficient (Wildman–Crippen LogP) is 3.23. The molecule has 2 aliphatic carbocycles. The molecule has 5 rings (SSSR count). The van der Waals surface area contributed by atoms with Crippen molar-refractivity contribution in [3.63, 3.8) is 0 Å². The van der Waals surface area contributed by atoms with E-state index < -0.39 is 0 Å². The van der Waals surface area contributed by atoms with Gasteiger partial charge in [-0.25, -0.2) is 4.39 Å². The number of furan rings is 1. The number of hydrogen-bond donors (Lipinski definition) is 0. The van der Waals surface area contributed by atoms with Gasteiger partial charge in [0, 0.05) is 5.56 Å². The third kappa shape index (κ3) is 2.18. The van der Waals surface area contributed by atoms with Crippen LogP contribution in [0.3, 0.4) is 0 Å². The predicted molar refractivity (Wildman–Crippen MR) is 91.3 cm³/mol. The molecule has 1 aromatic heterocycles. The first-order valence-electron chi connectivity index (χ1n) is 8.58. The van der Waals surface area contributed by atoms with Gasteiger partial charge in [0.2, 0.25) is 0 Å². The van der Waals surface area contributed by atoms with E-state index in [1.54, 1.807) is 24.3 Å². The lowest BCUT2D eigenvalue weighted by atomic mass is 9.85. The summed E-state index contributed by atoms with van der Waals surface area (Å²) in [5.74, 6) is 0.0134. The number of fused-ring (bicyclic) bond motifs is 5. The van der Waals surface area contributed by atoms with E-state index in [-0.39, 0.29) is 41.3 Å². The molecule has 2 fully saturated rings. The number of imide groups is 1. The molecule has 0 unspecified atom stereocenters. The van der Waals surface area contributed by atoms with Crippen LogP contribution in [0.2, 0.25) is 0 Å². The van der Waals surface area contributed by atoms with Crippen LogP contribution in [-0.4, -0.2) is 23.0 Å². The summed E-state index contributed by atoms with van der Waals surface area (Å²) in [5.41, 5.74) is 0.733. The van der Waals surface area contributed by atoms with Crippen LogP contribution in [0.25, 0.3) is 11.3 Å². The number of allylic oxidation sites excluding steroid dienone is 2. The zero-order valence-corrected chi connectivity index (χ0v) is 13.7. The van der Waals surface area contributed by atoms with Crippen molar-refractivity contribution >= 4 is 18.0 Å². The number of halogens is 1. The van der Waals surface area contributed by atoms with Gasteiger partial charge in [-0.15, -0.1) is 0 Å². The molecule has 2 heterocycles. The van der Waals surface area contributed by atoms with Gasteiger partial charge in [-0.2, -0.15) is 10.1 Å². The third-order valence-corrected chi connectivity index (χ3v) is 5.50. The Bertz CT molecular complexity index is 930. The Hall–Kier alpha value is -3.02. The average Bonchev–Trinajstić information content (AvgIpc) is 3.40. The van der Waals surface area contributed by atoms with Crippen molar-refractivity contribution in [3.05, 3.63) is 60.1 Å². The van der Waals surface area contributed by atoms with Crippen molar-refractivity contribution in [2.45, 2.75) is 6.42 Å². The topological polar surface area (TPSA) is 62.9 Å². The van der Waals surface area contributed by atoms with Crippen LogP contribution in [-0.2, 0) is 9.59 Å². The van der Waals surface area contributed by atoms with Gasteiger partial charge in [0.15, 0.2) is 0 Å². The SMILES string of the molecule is O=C1[C@@H]2[C@@H](C(=O)N1/N=C\c1ccc(-c3ccc(F)cc3)o1)[C@H]1C=C[C@H]2C1. The van der Waals surface area contributed by atoms with Crippen molar-refractivity contribution in [2.24, 2.45) is 28.8 Å². The fourth-order valence-electron chi connectivity index (χ4n) is 4.31. The number of rotatable bonds is 3. The number of benzene rings is 1. The van der Waals surface area contributed by atoms with Gasteiger partial charge >= 0.3 is 0 Å². The fourth-order valence-corrected chi connectivity index (χ4v) is 4.31. The van der Waals surface area contributed by atoms with Crippen LogP contribution in [0.4, 0.5) is 4.39 Å². The summed E-state index contributed by atoms with van der Waals surface area (Å²) >= 11 is 0.